The van der Waals surface area contributed by atoms with Crippen LogP contribution in [0.1, 0.15) is 34.1 Å². The molecule has 0 rings (SSSR count). The Morgan fingerprint density at radius 3 is 2.24 bits per heavy atom. The van der Waals surface area contributed by atoms with E-state index in [1.807, 2.05) is 20.8 Å². The van der Waals surface area contributed by atoms with Crippen LogP contribution in [0, 0.1) is 11.3 Å². The fourth-order valence-electron chi connectivity index (χ4n) is 1.56. The molecule has 0 amide bonds. The van der Waals surface area contributed by atoms with Gasteiger partial charge in [0.1, 0.15) is 5.78 Å². The van der Waals surface area contributed by atoms with Crippen molar-refractivity contribution in [2.45, 2.75) is 59.8 Å². The topological polar surface area (TPSA) is 26.3 Å². The molecule has 1 atom stereocenters. The number of carbonyl (C=O) groups is 1. The Morgan fingerprint density at radius 2 is 1.82 bits per heavy atom. The first kappa shape index (κ1) is 16.8. The van der Waals surface area contributed by atoms with Gasteiger partial charge in [0.15, 0.2) is 0 Å². The largest absolute Gasteiger partial charge is 0.381 e. The minimum atomic E-state index is -1.01. The zero-order chi connectivity index (χ0) is 13.7. The van der Waals surface area contributed by atoms with E-state index in [1.165, 1.54) is 6.04 Å². The monoisotopic (exact) mass is 258 g/mol. The average Bonchev–Trinajstić information content (AvgIpc) is 2.21. The van der Waals surface area contributed by atoms with E-state index < -0.39 is 8.07 Å². The molecule has 2 nitrogen and oxygen atoms in total. The highest BCUT2D eigenvalue weighted by atomic mass is 28.3. The molecule has 102 valence electrons. The number of rotatable bonds is 8. The Kier molecular flexibility index (Phi) is 6.63. The molecule has 0 aromatic heterocycles. The molecule has 17 heavy (non-hydrogen) atoms. The summed E-state index contributed by atoms with van der Waals surface area (Å²) < 4.78 is 5.65. The first-order valence-electron chi connectivity index (χ1n) is 6.72. The molecule has 0 radical (unpaired) electrons. The van der Waals surface area contributed by atoms with Crippen molar-refractivity contribution in [1.29, 1.82) is 0 Å². The van der Waals surface area contributed by atoms with Crippen molar-refractivity contribution >= 4 is 13.9 Å². The van der Waals surface area contributed by atoms with Crippen molar-refractivity contribution in [3.8, 4) is 0 Å². The predicted molar refractivity (Wildman–Crippen MR) is 77.2 cm³/mol. The molecule has 0 N–H and O–H groups in total. The SMILES string of the molecule is CCC(C)(C)C(=O)C(C)COCC[Si](C)(C)C. The molecule has 0 aromatic rings. The minimum absolute atomic E-state index is 0.0200. The lowest BCUT2D eigenvalue weighted by molar-refractivity contribution is -0.132. The normalized spacial score (nSPS) is 14.8. The fourth-order valence-corrected chi connectivity index (χ4v) is 2.31. The fraction of sp³-hybridized carbons (Fsp3) is 0.929. The Bertz CT molecular complexity index is 241. The maximum atomic E-state index is 12.1. The lowest BCUT2D eigenvalue weighted by Gasteiger charge is -2.25. The molecule has 0 aliphatic heterocycles. The van der Waals surface area contributed by atoms with E-state index in [0.29, 0.717) is 12.4 Å². The molecular formula is C14H30O2Si. The summed E-state index contributed by atoms with van der Waals surface area (Å²) in [5, 5.41) is 0. The van der Waals surface area contributed by atoms with Gasteiger partial charge in [0, 0.05) is 26.0 Å². The van der Waals surface area contributed by atoms with Gasteiger partial charge < -0.3 is 4.74 Å². The van der Waals surface area contributed by atoms with Crippen LogP contribution in [0.4, 0.5) is 0 Å². The van der Waals surface area contributed by atoms with Crippen LogP contribution in [0.25, 0.3) is 0 Å². The standard InChI is InChI=1S/C14H30O2Si/c1-8-14(3,4)13(15)12(2)11-16-9-10-17(5,6)7/h12H,8-11H2,1-7H3. The van der Waals surface area contributed by atoms with Gasteiger partial charge >= 0.3 is 0 Å². The van der Waals surface area contributed by atoms with E-state index in [-0.39, 0.29) is 11.3 Å². The molecule has 0 fully saturated rings. The second-order valence-electron chi connectivity index (χ2n) is 6.89. The smallest absolute Gasteiger partial charge is 0.143 e. The summed E-state index contributed by atoms with van der Waals surface area (Å²) in [5.74, 6) is 0.347. The summed E-state index contributed by atoms with van der Waals surface area (Å²) in [6.45, 7) is 16.5. The number of hydrogen-bond donors (Lipinski definition) is 0. The first-order valence-corrected chi connectivity index (χ1v) is 10.4. The van der Waals surface area contributed by atoms with Gasteiger partial charge in [-0.05, 0) is 12.5 Å². The van der Waals surface area contributed by atoms with E-state index in [1.54, 1.807) is 0 Å². The molecule has 3 heteroatoms. The summed E-state index contributed by atoms with van der Waals surface area (Å²) in [6.07, 6.45) is 0.894. The molecule has 0 saturated carbocycles. The maximum absolute atomic E-state index is 12.1. The average molecular weight is 258 g/mol. The maximum Gasteiger partial charge on any atom is 0.143 e. The minimum Gasteiger partial charge on any atom is -0.381 e. The number of Topliss-reactive ketones (excluding diaryl/α,β-unsaturated/α-hetero) is 1. The third-order valence-electron chi connectivity index (χ3n) is 3.36. The second kappa shape index (κ2) is 6.69. The Morgan fingerprint density at radius 1 is 1.29 bits per heavy atom. The molecular weight excluding hydrogens is 228 g/mol. The highest BCUT2D eigenvalue weighted by Crippen LogP contribution is 2.25. The van der Waals surface area contributed by atoms with E-state index in [2.05, 4.69) is 26.6 Å². The van der Waals surface area contributed by atoms with Crippen molar-refractivity contribution in [3.05, 3.63) is 0 Å². The second-order valence-corrected chi connectivity index (χ2v) is 12.5. The van der Waals surface area contributed by atoms with Gasteiger partial charge in [-0.2, -0.15) is 0 Å². The van der Waals surface area contributed by atoms with Crippen molar-refractivity contribution in [2.24, 2.45) is 11.3 Å². The van der Waals surface area contributed by atoms with Gasteiger partial charge in [0.25, 0.3) is 0 Å². The van der Waals surface area contributed by atoms with Crippen molar-refractivity contribution < 1.29 is 9.53 Å². The van der Waals surface area contributed by atoms with Gasteiger partial charge in [-0.1, -0.05) is 47.3 Å². The number of carbonyl (C=O) groups excluding carboxylic acids is 1. The van der Waals surface area contributed by atoms with Crippen LogP contribution in [-0.2, 0) is 9.53 Å². The molecule has 0 spiro atoms. The van der Waals surface area contributed by atoms with E-state index >= 15 is 0 Å². The molecule has 0 bridgehead atoms. The quantitative estimate of drug-likeness (QED) is 0.486. The third kappa shape index (κ3) is 6.99. The summed E-state index contributed by atoms with van der Waals surface area (Å²) in [6, 6.07) is 1.17. The lowest BCUT2D eigenvalue weighted by atomic mass is 9.80. The van der Waals surface area contributed by atoms with Crippen LogP contribution in [0.2, 0.25) is 25.7 Å². The summed E-state index contributed by atoms with van der Waals surface area (Å²) >= 11 is 0. The van der Waals surface area contributed by atoms with Crippen molar-refractivity contribution in [1.82, 2.24) is 0 Å². The highest BCUT2D eigenvalue weighted by Gasteiger charge is 2.29. The molecule has 1 unspecified atom stereocenters. The van der Waals surface area contributed by atoms with Crippen LogP contribution in [-0.4, -0.2) is 27.1 Å². The highest BCUT2D eigenvalue weighted by molar-refractivity contribution is 6.76. The molecule has 0 saturated heterocycles. The van der Waals surface area contributed by atoms with Gasteiger partial charge in [-0.25, -0.2) is 0 Å². The predicted octanol–water partition coefficient (Wildman–Crippen LogP) is 3.98. The molecule has 0 aliphatic carbocycles. The van der Waals surface area contributed by atoms with Gasteiger partial charge in [0.05, 0.1) is 6.61 Å². The summed E-state index contributed by atoms with van der Waals surface area (Å²) in [7, 11) is -1.01. The molecule has 0 aromatic carbocycles. The van der Waals surface area contributed by atoms with Crippen molar-refractivity contribution in [3.63, 3.8) is 0 Å². The van der Waals surface area contributed by atoms with Crippen molar-refractivity contribution in [2.75, 3.05) is 13.2 Å². The van der Waals surface area contributed by atoms with Crippen LogP contribution < -0.4 is 0 Å². The first-order chi connectivity index (χ1) is 7.60. The Hall–Kier alpha value is -0.153. The van der Waals surface area contributed by atoms with Crippen LogP contribution in [0.5, 0.6) is 0 Å². The van der Waals surface area contributed by atoms with Crippen LogP contribution in [0.3, 0.4) is 0 Å². The zero-order valence-electron chi connectivity index (χ0n) is 12.7. The summed E-state index contributed by atoms with van der Waals surface area (Å²) in [4.78, 5) is 12.1. The number of hydrogen-bond acceptors (Lipinski definition) is 2. The van der Waals surface area contributed by atoms with E-state index in [0.717, 1.165) is 13.0 Å². The number of ether oxygens (including phenoxy) is 1. The van der Waals surface area contributed by atoms with Crippen LogP contribution >= 0.6 is 0 Å². The molecule has 0 aliphatic rings. The van der Waals surface area contributed by atoms with Gasteiger partial charge in [0.2, 0.25) is 0 Å². The van der Waals surface area contributed by atoms with E-state index in [9.17, 15) is 4.79 Å². The lowest BCUT2D eigenvalue weighted by Crippen LogP contribution is -2.32. The zero-order valence-corrected chi connectivity index (χ0v) is 13.7. The Labute approximate surface area is 108 Å². The molecule has 0 heterocycles. The van der Waals surface area contributed by atoms with Gasteiger partial charge in [-0.15, -0.1) is 0 Å². The van der Waals surface area contributed by atoms with Gasteiger partial charge in [-0.3, -0.25) is 4.79 Å². The third-order valence-corrected chi connectivity index (χ3v) is 5.07. The number of ketones is 1. The summed E-state index contributed by atoms with van der Waals surface area (Å²) in [5.41, 5.74) is -0.207. The Balaban J connectivity index is 3.95. The van der Waals surface area contributed by atoms with E-state index in [4.69, 9.17) is 4.74 Å². The van der Waals surface area contributed by atoms with Crippen LogP contribution in [0.15, 0.2) is 0 Å².